The number of carbonyl (C=O) groups is 1. The zero-order chi connectivity index (χ0) is 14.0. The second-order valence-electron chi connectivity index (χ2n) is 4.42. The molecule has 0 radical (unpaired) electrons. The highest BCUT2D eigenvalue weighted by Gasteiger charge is 2.11. The molecule has 0 spiro atoms. The molecule has 0 fully saturated rings. The van der Waals surface area contributed by atoms with Crippen LogP contribution >= 0.6 is 11.3 Å². The van der Waals surface area contributed by atoms with Gasteiger partial charge in [-0.3, -0.25) is 10.1 Å². The molecule has 3 N–H and O–H groups in total. The van der Waals surface area contributed by atoms with Gasteiger partial charge in [0.2, 0.25) is 0 Å². The Morgan fingerprint density at radius 3 is 2.79 bits per heavy atom. The van der Waals surface area contributed by atoms with Crippen LogP contribution in [0.15, 0.2) is 23.6 Å². The van der Waals surface area contributed by atoms with Crippen molar-refractivity contribution in [3.8, 4) is 0 Å². The smallest absolute Gasteiger partial charge is 0.257 e. The Balaban J connectivity index is 2.13. The zero-order valence-electron chi connectivity index (χ0n) is 10.6. The van der Waals surface area contributed by atoms with Gasteiger partial charge in [0.1, 0.15) is 5.82 Å². The summed E-state index contributed by atoms with van der Waals surface area (Å²) in [4.78, 5) is 16.2. The van der Waals surface area contributed by atoms with E-state index in [1.807, 2.05) is 19.2 Å². The molecule has 2 rings (SSSR count). The van der Waals surface area contributed by atoms with Gasteiger partial charge in [-0.2, -0.15) is 0 Å². The van der Waals surface area contributed by atoms with Crippen molar-refractivity contribution in [2.45, 2.75) is 19.8 Å². The van der Waals surface area contributed by atoms with Crippen LogP contribution in [0.2, 0.25) is 0 Å². The van der Waals surface area contributed by atoms with Gasteiger partial charge in [0.05, 0.1) is 11.4 Å². The summed E-state index contributed by atoms with van der Waals surface area (Å²) in [7, 11) is 0. The van der Waals surface area contributed by atoms with Crippen molar-refractivity contribution in [3.63, 3.8) is 0 Å². The Labute approximate surface area is 114 Å². The number of hydrogen-bond acceptors (Lipinski definition) is 4. The van der Waals surface area contributed by atoms with E-state index in [1.54, 1.807) is 0 Å². The number of thiazole rings is 1. The highest BCUT2D eigenvalue weighted by molar-refractivity contribution is 7.14. The molecule has 2 aromatic rings. The Hall–Kier alpha value is -1.95. The number of anilines is 2. The molecule has 1 heterocycles. The third-order valence-electron chi connectivity index (χ3n) is 2.59. The van der Waals surface area contributed by atoms with Gasteiger partial charge in [-0.05, 0) is 24.1 Å². The maximum Gasteiger partial charge on any atom is 0.257 e. The fourth-order valence-corrected chi connectivity index (χ4v) is 2.33. The number of aromatic nitrogens is 1. The number of hydrogen-bond donors (Lipinski definition) is 2. The summed E-state index contributed by atoms with van der Waals surface area (Å²) in [6.45, 7) is 4.06. The van der Waals surface area contributed by atoms with Crippen LogP contribution in [0.3, 0.4) is 0 Å². The van der Waals surface area contributed by atoms with E-state index in [9.17, 15) is 9.18 Å². The van der Waals surface area contributed by atoms with Gasteiger partial charge in [-0.15, -0.1) is 11.3 Å². The van der Waals surface area contributed by atoms with Crippen LogP contribution in [-0.2, 0) is 0 Å². The second-order valence-corrected chi connectivity index (χ2v) is 5.28. The number of carbonyl (C=O) groups excluding carboxylic acids is 1. The van der Waals surface area contributed by atoms with E-state index < -0.39 is 5.82 Å². The van der Waals surface area contributed by atoms with Crippen LogP contribution in [0, 0.1) is 5.82 Å². The monoisotopic (exact) mass is 279 g/mol. The molecule has 0 saturated heterocycles. The minimum absolute atomic E-state index is 0.0466. The molecule has 6 heteroatoms. The zero-order valence-corrected chi connectivity index (χ0v) is 11.4. The van der Waals surface area contributed by atoms with Gasteiger partial charge in [0.15, 0.2) is 5.13 Å². The van der Waals surface area contributed by atoms with Gasteiger partial charge >= 0.3 is 0 Å². The third-order valence-corrected chi connectivity index (χ3v) is 3.37. The van der Waals surface area contributed by atoms with Crippen LogP contribution in [0.1, 0.15) is 35.8 Å². The summed E-state index contributed by atoms with van der Waals surface area (Å²) in [5, 5.41) is 5.10. The summed E-state index contributed by atoms with van der Waals surface area (Å²) < 4.78 is 13.0. The van der Waals surface area contributed by atoms with Crippen molar-refractivity contribution in [2.24, 2.45) is 0 Å². The number of halogens is 1. The van der Waals surface area contributed by atoms with Crippen molar-refractivity contribution in [1.82, 2.24) is 4.98 Å². The van der Waals surface area contributed by atoms with Crippen molar-refractivity contribution in [2.75, 3.05) is 11.1 Å². The predicted molar refractivity (Wildman–Crippen MR) is 75.0 cm³/mol. The van der Waals surface area contributed by atoms with E-state index in [0.717, 1.165) is 5.69 Å². The molecule has 4 nitrogen and oxygen atoms in total. The molecule has 1 aromatic carbocycles. The molecule has 0 aliphatic carbocycles. The lowest BCUT2D eigenvalue weighted by molar-refractivity contribution is 0.102. The first-order valence-corrected chi connectivity index (χ1v) is 6.67. The van der Waals surface area contributed by atoms with Crippen LogP contribution in [0.4, 0.5) is 15.2 Å². The number of benzene rings is 1. The van der Waals surface area contributed by atoms with Crippen molar-refractivity contribution in [1.29, 1.82) is 0 Å². The molecule has 0 saturated carbocycles. The summed E-state index contributed by atoms with van der Waals surface area (Å²) in [6.07, 6.45) is 0. The lowest BCUT2D eigenvalue weighted by Crippen LogP contribution is -2.12. The molecule has 19 heavy (non-hydrogen) atoms. The van der Waals surface area contributed by atoms with Crippen LogP contribution < -0.4 is 11.1 Å². The molecule has 0 unspecified atom stereocenters. The Morgan fingerprint density at radius 2 is 2.21 bits per heavy atom. The molecule has 0 aliphatic heterocycles. The summed E-state index contributed by atoms with van der Waals surface area (Å²) in [6, 6.07) is 3.87. The normalized spacial score (nSPS) is 10.7. The highest BCUT2D eigenvalue weighted by atomic mass is 32.1. The Morgan fingerprint density at radius 1 is 1.47 bits per heavy atom. The maximum absolute atomic E-state index is 13.0. The molecule has 100 valence electrons. The van der Waals surface area contributed by atoms with Crippen molar-refractivity contribution in [3.05, 3.63) is 40.7 Å². The van der Waals surface area contributed by atoms with E-state index >= 15 is 0 Å². The number of amides is 1. The van der Waals surface area contributed by atoms with E-state index in [1.165, 1.54) is 29.5 Å². The van der Waals surface area contributed by atoms with Gasteiger partial charge in [-0.1, -0.05) is 13.8 Å². The minimum atomic E-state index is -0.534. The maximum atomic E-state index is 13.0. The third kappa shape index (κ3) is 3.08. The number of nitrogen functional groups attached to an aromatic ring is 1. The molecule has 1 amide bonds. The quantitative estimate of drug-likeness (QED) is 0.847. The topological polar surface area (TPSA) is 68.0 Å². The predicted octanol–water partition coefficient (Wildman–Crippen LogP) is 3.24. The molecule has 1 aromatic heterocycles. The van der Waals surface area contributed by atoms with E-state index in [4.69, 9.17) is 5.73 Å². The standard InChI is InChI=1S/C13H14FN3OS/c1-7(2)11-6-19-13(16-11)17-12(18)8-3-4-9(14)10(15)5-8/h3-7H,15H2,1-2H3,(H,16,17,18). The fourth-order valence-electron chi connectivity index (χ4n) is 1.46. The molecular formula is C13H14FN3OS. The minimum Gasteiger partial charge on any atom is -0.396 e. The average molecular weight is 279 g/mol. The summed E-state index contributed by atoms with van der Waals surface area (Å²) >= 11 is 1.36. The Kier molecular flexibility index (Phi) is 3.80. The number of nitrogens with one attached hydrogen (secondary N) is 1. The van der Waals surface area contributed by atoms with E-state index in [0.29, 0.717) is 16.6 Å². The van der Waals surface area contributed by atoms with Gasteiger partial charge in [-0.25, -0.2) is 9.37 Å². The van der Waals surface area contributed by atoms with Gasteiger partial charge in [0.25, 0.3) is 5.91 Å². The van der Waals surface area contributed by atoms with Crippen LogP contribution in [0.25, 0.3) is 0 Å². The lowest BCUT2D eigenvalue weighted by atomic mass is 10.2. The first kappa shape index (κ1) is 13.5. The Bertz CT molecular complexity index is 610. The molecule has 0 aliphatic rings. The number of nitrogens with zero attached hydrogens (tertiary/aromatic N) is 1. The SMILES string of the molecule is CC(C)c1csc(NC(=O)c2ccc(F)c(N)c2)n1. The van der Waals surface area contributed by atoms with Crippen molar-refractivity contribution < 1.29 is 9.18 Å². The van der Waals surface area contributed by atoms with Crippen molar-refractivity contribution >= 4 is 28.1 Å². The van der Waals surface area contributed by atoms with Crippen LogP contribution in [-0.4, -0.2) is 10.9 Å². The van der Waals surface area contributed by atoms with Gasteiger partial charge in [0, 0.05) is 10.9 Å². The molecule has 0 bridgehead atoms. The fraction of sp³-hybridized carbons (Fsp3) is 0.231. The summed E-state index contributed by atoms with van der Waals surface area (Å²) in [5.41, 5.74) is 6.62. The van der Waals surface area contributed by atoms with E-state index in [2.05, 4.69) is 10.3 Å². The first-order valence-electron chi connectivity index (χ1n) is 5.79. The lowest BCUT2D eigenvalue weighted by Gasteiger charge is -2.03. The second kappa shape index (κ2) is 5.36. The van der Waals surface area contributed by atoms with Gasteiger partial charge < -0.3 is 5.73 Å². The highest BCUT2D eigenvalue weighted by Crippen LogP contribution is 2.22. The molecular weight excluding hydrogens is 265 g/mol. The van der Waals surface area contributed by atoms with E-state index in [-0.39, 0.29) is 11.6 Å². The first-order chi connectivity index (χ1) is 8.97. The largest absolute Gasteiger partial charge is 0.396 e. The van der Waals surface area contributed by atoms with Crippen LogP contribution in [0.5, 0.6) is 0 Å². The summed E-state index contributed by atoms with van der Waals surface area (Å²) in [5.74, 6) is -0.576. The number of nitrogens with two attached hydrogens (primary N) is 1. The average Bonchev–Trinajstić information content (AvgIpc) is 2.81. The number of rotatable bonds is 3. The molecule has 0 atom stereocenters.